The first-order chi connectivity index (χ1) is 15.3. The molecule has 32 heavy (non-hydrogen) atoms. The molecule has 0 unspecified atom stereocenters. The fourth-order valence-electron chi connectivity index (χ4n) is 4.29. The van der Waals surface area contributed by atoms with Gasteiger partial charge >= 0.3 is 7.12 Å². The van der Waals surface area contributed by atoms with Crippen LogP contribution in [-0.4, -0.2) is 31.7 Å². The Labute approximate surface area is 190 Å². The van der Waals surface area contributed by atoms with Crippen LogP contribution in [0, 0.1) is 0 Å². The molecule has 0 N–H and O–H groups in total. The van der Waals surface area contributed by atoms with Gasteiger partial charge in [-0.15, -0.1) is 0 Å². The molecular weight excluding hydrogens is 397 g/mol. The zero-order chi connectivity index (χ0) is 22.5. The van der Waals surface area contributed by atoms with Crippen LogP contribution in [0.1, 0.15) is 27.7 Å². The quantitative estimate of drug-likeness (QED) is 0.405. The van der Waals surface area contributed by atoms with Gasteiger partial charge in [0.1, 0.15) is 6.67 Å². The number of hydrogen-bond acceptors (Lipinski definition) is 5. The first-order valence-electron chi connectivity index (χ1n) is 11.0. The maximum absolute atomic E-state index is 6.29. The fourth-order valence-corrected chi connectivity index (χ4v) is 4.29. The van der Waals surface area contributed by atoms with Crippen LogP contribution < -0.4 is 15.3 Å². The second kappa shape index (κ2) is 7.50. The van der Waals surface area contributed by atoms with Crippen LogP contribution in [0.2, 0.25) is 0 Å². The van der Waals surface area contributed by atoms with Crippen LogP contribution in [-0.2, 0) is 9.31 Å². The largest absolute Gasteiger partial charge is 0.494 e. The van der Waals surface area contributed by atoms with Gasteiger partial charge < -0.3 is 19.1 Å². The summed E-state index contributed by atoms with van der Waals surface area (Å²) in [5.74, 6) is 0. The SMILES string of the molecule is C=Nc1ccccc1N1CN(c2cccc(B3OC(C)(C)C(C)(C)O3)c2)c2ccccc21. The van der Waals surface area contributed by atoms with Crippen molar-refractivity contribution in [2.45, 2.75) is 38.9 Å². The molecule has 5 rings (SSSR count). The normalized spacial score (nSPS) is 18.7. The van der Waals surface area contributed by atoms with Crippen molar-refractivity contribution in [3.8, 4) is 0 Å². The molecule has 0 spiro atoms. The topological polar surface area (TPSA) is 37.3 Å². The number of anilines is 4. The van der Waals surface area contributed by atoms with Gasteiger partial charge in [0, 0.05) is 5.69 Å². The van der Waals surface area contributed by atoms with Gasteiger partial charge in [0.2, 0.25) is 0 Å². The molecule has 0 amide bonds. The van der Waals surface area contributed by atoms with E-state index in [0.29, 0.717) is 6.67 Å². The maximum Gasteiger partial charge on any atom is 0.494 e. The van der Waals surface area contributed by atoms with Gasteiger partial charge in [0.15, 0.2) is 0 Å². The highest BCUT2D eigenvalue weighted by Gasteiger charge is 2.51. The molecule has 0 aliphatic carbocycles. The van der Waals surface area contributed by atoms with Crippen LogP contribution in [0.25, 0.3) is 0 Å². The van der Waals surface area contributed by atoms with Crippen LogP contribution in [0.3, 0.4) is 0 Å². The number of aliphatic imine (C=N–C) groups is 1. The lowest BCUT2D eigenvalue weighted by atomic mass is 9.79. The first kappa shape index (κ1) is 20.8. The van der Waals surface area contributed by atoms with Crippen molar-refractivity contribution in [1.29, 1.82) is 0 Å². The minimum Gasteiger partial charge on any atom is -0.399 e. The molecule has 162 valence electrons. The number of rotatable bonds is 4. The van der Waals surface area contributed by atoms with Crippen LogP contribution >= 0.6 is 0 Å². The van der Waals surface area contributed by atoms with Crippen molar-refractivity contribution in [2.24, 2.45) is 4.99 Å². The molecule has 5 nitrogen and oxygen atoms in total. The standard InChI is InChI=1S/C26H28BN3O2/c1-25(2)26(3,4)32-27(31-25)19-11-10-12-20(17-19)29-18-30(24-16-9-8-15-23(24)29)22-14-7-6-13-21(22)28-5/h6-17H,5,18H2,1-4H3. The van der Waals surface area contributed by atoms with Crippen LogP contribution in [0.5, 0.6) is 0 Å². The van der Waals surface area contributed by atoms with Crippen molar-refractivity contribution < 1.29 is 9.31 Å². The number of para-hydroxylation sites is 4. The molecule has 2 heterocycles. The molecule has 1 saturated heterocycles. The summed E-state index contributed by atoms with van der Waals surface area (Å²) in [6.45, 7) is 12.8. The average Bonchev–Trinajstić information content (AvgIpc) is 3.28. The number of benzene rings is 3. The molecule has 0 radical (unpaired) electrons. The van der Waals surface area contributed by atoms with E-state index < -0.39 is 0 Å². The van der Waals surface area contributed by atoms with Crippen molar-refractivity contribution in [3.63, 3.8) is 0 Å². The van der Waals surface area contributed by atoms with Gasteiger partial charge in [-0.1, -0.05) is 36.4 Å². The number of nitrogens with zero attached hydrogens (tertiary/aromatic N) is 3. The number of fused-ring (bicyclic) bond motifs is 1. The monoisotopic (exact) mass is 425 g/mol. The van der Waals surface area contributed by atoms with Crippen molar-refractivity contribution in [1.82, 2.24) is 0 Å². The highest BCUT2D eigenvalue weighted by Crippen LogP contribution is 2.46. The van der Waals surface area contributed by atoms with E-state index in [9.17, 15) is 0 Å². The highest BCUT2D eigenvalue weighted by atomic mass is 16.7. The van der Waals surface area contributed by atoms with E-state index in [1.807, 2.05) is 18.2 Å². The van der Waals surface area contributed by atoms with E-state index >= 15 is 0 Å². The average molecular weight is 425 g/mol. The Hall–Kier alpha value is -3.09. The summed E-state index contributed by atoms with van der Waals surface area (Å²) in [4.78, 5) is 8.82. The molecular formula is C26H28BN3O2. The fraction of sp³-hybridized carbons (Fsp3) is 0.269. The van der Waals surface area contributed by atoms with Crippen molar-refractivity contribution >= 4 is 47.7 Å². The lowest BCUT2D eigenvalue weighted by molar-refractivity contribution is 0.00578. The van der Waals surface area contributed by atoms with Gasteiger partial charge in [-0.05, 0) is 76.3 Å². The summed E-state index contributed by atoms with van der Waals surface area (Å²) in [5, 5.41) is 0. The molecule has 3 aromatic rings. The van der Waals surface area contributed by atoms with Gasteiger partial charge in [-0.25, -0.2) is 0 Å². The molecule has 0 atom stereocenters. The second-order valence-corrected chi connectivity index (χ2v) is 9.32. The van der Waals surface area contributed by atoms with Crippen molar-refractivity contribution in [3.05, 3.63) is 72.8 Å². The molecule has 1 fully saturated rings. The van der Waals surface area contributed by atoms with E-state index in [0.717, 1.165) is 33.9 Å². The van der Waals surface area contributed by atoms with Crippen LogP contribution in [0.4, 0.5) is 28.4 Å². The lowest BCUT2D eigenvalue weighted by Crippen LogP contribution is -2.41. The Morgan fingerprint density at radius 2 is 1.38 bits per heavy atom. The van der Waals surface area contributed by atoms with Gasteiger partial charge in [0.05, 0.1) is 34.0 Å². The minimum atomic E-state index is -0.389. The summed E-state index contributed by atoms with van der Waals surface area (Å²) in [7, 11) is -0.389. The zero-order valence-corrected chi connectivity index (χ0v) is 19.1. The van der Waals surface area contributed by atoms with E-state index in [1.54, 1.807) is 0 Å². The Kier molecular flexibility index (Phi) is 4.88. The van der Waals surface area contributed by atoms with Gasteiger partial charge in [-0.2, -0.15) is 0 Å². The molecule has 2 aliphatic heterocycles. The molecule has 0 saturated carbocycles. The second-order valence-electron chi connectivity index (χ2n) is 9.32. The molecule has 6 heteroatoms. The van der Waals surface area contributed by atoms with E-state index in [-0.39, 0.29) is 18.3 Å². The number of hydrogen-bond donors (Lipinski definition) is 0. The third-order valence-corrected chi connectivity index (χ3v) is 6.80. The highest BCUT2D eigenvalue weighted by molar-refractivity contribution is 6.62. The summed E-state index contributed by atoms with van der Waals surface area (Å²) in [6.07, 6.45) is 0. The summed E-state index contributed by atoms with van der Waals surface area (Å²) in [5.41, 5.74) is 5.58. The first-order valence-corrected chi connectivity index (χ1v) is 11.0. The Morgan fingerprint density at radius 3 is 2.03 bits per heavy atom. The summed E-state index contributed by atoms with van der Waals surface area (Å²) < 4.78 is 12.6. The zero-order valence-electron chi connectivity index (χ0n) is 19.1. The Bertz CT molecular complexity index is 1160. The Morgan fingerprint density at radius 1 is 0.781 bits per heavy atom. The maximum atomic E-state index is 6.29. The van der Waals surface area contributed by atoms with Gasteiger partial charge in [0.25, 0.3) is 0 Å². The summed E-state index contributed by atoms with van der Waals surface area (Å²) >= 11 is 0. The van der Waals surface area contributed by atoms with E-state index in [2.05, 4.69) is 104 Å². The lowest BCUT2D eigenvalue weighted by Gasteiger charge is -2.32. The predicted octanol–water partition coefficient (Wildman–Crippen LogP) is 5.57. The van der Waals surface area contributed by atoms with E-state index in [1.165, 1.54) is 0 Å². The molecule has 3 aromatic carbocycles. The predicted molar refractivity (Wildman–Crippen MR) is 133 cm³/mol. The molecule has 0 bridgehead atoms. The third kappa shape index (κ3) is 3.31. The van der Waals surface area contributed by atoms with Crippen molar-refractivity contribution in [2.75, 3.05) is 16.5 Å². The smallest absolute Gasteiger partial charge is 0.399 e. The van der Waals surface area contributed by atoms with Crippen LogP contribution in [0.15, 0.2) is 77.8 Å². The summed E-state index contributed by atoms with van der Waals surface area (Å²) in [6, 6.07) is 25.0. The third-order valence-electron chi connectivity index (χ3n) is 6.80. The Balaban J connectivity index is 1.51. The van der Waals surface area contributed by atoms with Gasteiger partial charge in [-0.3, -0.25) is 4.99 Å². The minimum absolute atomic E-state index is 0.369. The molecule has 0 aromatic heterocycles. The van der Waals surface area contributed by atoms with E-state index in [4.69, 9.17) is 9.31 Å². The molecule has 2 aliphatic rings.